The predicted molar refractivity (Wildman–Crippen MR) is 84.8 cm³/mol. The molecule has 0 aliphatic rings. The number of benzene rings is 1. The minimum absolute atomic E-state index is 0.0136. The summed E-state index contributed by atoms with van der Waals surface area (Å²) in [7, 11) is 0. The van der Waals surface area contributed by atoms with E-state index in [2.05, 4.69) is 15.5 Å². The van der Waals surface area contributed by atoms with Crippen LogP contribution in [0.3, 0.4) is 0 Å². The zero-order chi connectivity index (χ0) is 16.7. The quantitative estimate of drug-likeness (QED) is 0.325. The molecule has 122 valence electrons. The Hall–Kier alpha value is -2.54. The van der Waals surface area contributed by atoms with Crippen molar-refractivity contribution in [3.63, 3.8) is 0 Å². The molecule has 1 atom stereocenters. The number of aromatic nitrogens is 3. The van der Waals surface area contributed by atoms with Crippen LogP contribution in [0.1, 0.15) is 25.3 Å². The molecule has 7 heteroatoms. The smallest absolute Gasteiger partial charge is 0.247 e. The molecule has 1 aromatic carbocycles. The third kappa shape index (κ3) is 3.81. The van der Waals surface area contributed by atoms with E-state index in [4.69, 9.17) is 5.84 Å². The number of carbonyl (C=O) groups excluding carboxylic acids is 2. The molecule has 0 aliphatic heterocycles. The lowest BCUT2D eigenvalue weighted by Gasteiger charge is -2.30. The zero-order valence-electron chi connectivity index (χ0n) is 13.1. The van der Waals surface area contributed by atoms with Gasteiger partial charge in [0.1, 0.15) is 24.6 Å². The summed E-state index contributed by atoms with van der Waals surface area (Å²) in [4.78, 5) is 29.2. The van der Waals surface area contributed by atoms with Crippen LogP contribution in [0.15, 0.2) is 43.0 Å². The highest BCUT2D eigenvalue weighted by atomic mass is 16.2. The topological polar surface area (TPSA) is 103 Å². The molecule has 1 aromatic heterocycles. The second kappa shape index (κ2) is 7.64. The van der Waals surface area contributed by atoms with Crippen molar-refractivity contribution in [3.8, 4) is 0 Å². The maximum Gasteiger partial charge on any atom is 0.247 e. The molecule has 2 aromatic rings. The number of carbonyl (C=O) groups is 2. The first-order valence-electron chi connectivity index (χ1n) is 7.53. The van der Waals surface area contributed by atoms with Crippen molar-refractivity contribution in [1.29, 1.82) is 0 Å². The van der Waals surface area contributed by atoms with Crippen molar-refractivity contribution in [2.24, 2.45) is 11.3 Å². The second-order valence-electron chi connectivity index (χ2n) is 5.48. The molecular weight excluding hydrogens is 294 g/mol. The molecule has 0 spiro atoms. The molecule has 0 unspecified atom stereocenters. The van der Waals surface area contributed by atoms with Gasteiger partial charge in [0.15, 0.2) is 5.78 Å². The van der Waals surface area contributed by atoms with Crippen molar-refractivity contribution in [2.75, 3.05) is 0 Å². The summed E-state index contributed by atoms with van der Waals surface area (Å²) >= 11 is 0. The van der Waals surface area contributed by atoms with E-state index in [9.17, 15) is 9.59 Å². The number of rotatable bonds is 8. The summed E-state index contributed by atoms with van der Waals surface area (Å²) in [5.41, 5.74) is 1.87. The van der Waals surface area contributed by atoms with E-state index in [1.807, 2.05) is 37.3 Å². The van der Waals surface area contributed by atoms with Gasteiger partial charge in [-0.1, -0.05) is 43.7 Å². The average molecular weight is 315 g/mol. The summed E-state index contributed by atoms with van der Waals surface area (Å²) in [6.07, 6.45) is 4.21. The van der Waals surface area contributed by atoms with Crippen LogP contribution in [0, 0.1) is 5.41 Å². The highest BCUT2D eigenvalue weighted by Crippen LogP contribution is 2.31. The Morgan fingerprint density at radius 2 is 2.04 bits per heavy atom. The molecule has 0 aliphatic carbocycles. The van der Waals surface area contributed by atoms with E-state index >= 15 is 0 Å². The van der Waals surface area contributed by atoms with Crippen LogP contribution in [0.5, 0.6) is 0 Å². The fourth-order valence-electron chi connectivity index (χ4n) is 2.77. The SMILES string of the molecule is CCC[C@@](Cc1ccccc1)(C(=O)Cn1cncn1)C(=O)NN. The minimum atomic E-state index is -1.21. The first-order valence-corrected chi connectivity index (χ1v) is 7.53. The van der Waals surface area contributed by atoms with E-state index in [1.54, 1.807) is 0 Å². The number of hydrogen-bond acceptors (Lipinski definition) is 5. The Morgan fingerprint density at radius 3 is 2.61 bits per heavy atom. The number of nitrogens with one attached hydrogen (secondary N) is 1. The molecule has 3 N–H and O–H groups in total. The van der Waals surface area contributed by atoms with Gasteiger partial charge in [0.05, 0.1) is 0 Å². The van der Waals surface area contributed by atoms with Crippen LogP contribution >= 0.6 is 0 Å². The van der Waals surface area contributed by atoms with Gasteiger partial charge in [-0.05, 0) is 18.4 Å². The number of hydrazine groups is 1. The van der Waals surface area contributed by atoms with Gasteiger partial charge in [-0.2, -0.15) is 5.10 Å². The maximum atomic E-state index is 12.9. The lowest BCUT2D eigenvalue weighted by Crippen LogP contribution is -2.51. The Morgan fingerprint density at radius 1 is 1.30 bits per heavy atom. The van der Waals surface area contributed by atoms with Gasteiger partial charge in [0.2, 0.25) is 5.91 Å². The summed E-state index contributed by atoms with van der Waals surface area (Å²) in [5, 5.41) is 3.94. The van der Waals surface area contributed by atoms with Gasteiger partial charge in [-0.15, -0.1) is 0 Å². The number of nitrogens with two attached hydrogens (primary N) is 1. The van der Waals surface area contributed by atoms with Gasteiger partial charge >= 0.3 is 0 Å². The predicted octanol–water partition coefficient (Wildman–Crippen LogP) is 0.866. The first kappa shape index (κ1) is 16.8. The molecule has 2 rings (SSSR count). The van der Waals surface area contributed by atoms with Gasteiger partial charge in [0, 0.05) is 0 Å². The summed E-state index contributed by atoms with van der Waals surface area (Å²) in [5.74, 6) is 4.68. The Balaban J connectivity index is 2.35. The number of nitrogens with zero attached hydrogens (tertiary/aromatic N) is 3. The number of hydrogen-bond donors (Lipinski definition) is 2. The molecule has 0 fully saturated rings. The van der Waals surface area contributed by atoms with Crippen LogP contribution < -0.4 is 11.3 Å². The van der Waals surface area contributed by atoms with Crippen molar-refractivity contribution in [2.45, 2.75) is 32.7 Å². The fraction of sp³-hybridized carbons (Fsp3) is 0.375. The summed E-state index contributed by atoms with van der Waals surface area (Å²) in [6.45, 7) is 1.92. The molecule has 1 heterocycles. The molecule has 0 bridgehead atoms. The third-order valence-corrected chi connectivity index (χ3v) is 3.90. The molecule has 7 nitrogen and oxygen atoms in total. The van der Waals surface area contributed by atoms with Gasteiger partial charge in [0.25, 0.3) is 0 Å². The van der Waals surface area contributed by atoms with Crippen LogP contribution in [0.2, 0.25) is 0 Å². The maximum absolute atomic E-state index is 12.9. The average Bonchev–Trinajstić information content (AvgIpc) is 3.07. The molecule has 23 heavy (non-hydrogen) atoms. The monoisotopic (exact) mass is 315 g/mol. The van der Waals surface area contributed by atoms with Crippen molar-refractivity contribution in [1.82, 2.24) is 20.2 Å². The summed E-state index contributed by atoms with van der Waals surface area (Å²) < 4.78 is 1.42. The van der Waals surface area contributed by atoms with E-state index < -0.39 is 11.3 Å². The normalized spacial score (nSPS) is 13.3. The molecule has 0 radical (unpaired) electrons. The minimum Gasteiger partial charge on any atom is -0.296 e. The highest BCUT2D eigenvalue weighted by molar-refractivity contribution is 6.06. The van der Waals surface area contributed by atoms with Crippen molar-refractivity contribution in [3.05, 3.63) is 48.5 Å². The van der Waals surface area contributed by atoms with Crippen LogP contribution in [-0.2, 0) is 22.6 Å². The molecule has 0 saturated heterocycles. The number of Topliss-reactive ketones (excluding diaryl/α,β-unsaturated/α-hetero) is 1. The van der Waals surface area contributed by atoms with Gasteiger partial charge in [-0.25, -0.2) is 15.5 Å². The third-order valence-electron chi connectivity index (χ3n) is 3.90. The van der Waals surface area contributed by atoms with Gasteiger partial charge in [-0.3, -0.25) is 15.0 Å². The van der Waals surface area contributed by atoms with Crippen LogP contribution in [0.25, 0.3) is 0 Å². The van der Waals surface area contributed by atoms with E-state index in [-0.39, 0.29) is 12.3 Å². The molecular formula is C16H21N5O2. The van der Waals surface area contributed by atoms with E-state index in [0.717, 1.165) is 5.56 Å². The number of ketones is 1. The largest absolute Gasteiger partial charge is 0.296 e. The fourth-order valence-corrected chi connectivity index (χ4v) is 2.77. The van der Waals surface area contributed by atoms with Crippen LogP contribution in [-0.4, -0.2) is 26.5 Å². The van der Waals surface area contributed by atoms with Gasteiger partial charge < -0.3 is 0 Å². The molecule has 0 saturated carbocycles. The standard InChI is InChI=1S/C16H21N5O2/c1-2-8-16(15(23)20-17,9-13-6-4-3-5-7-13)14(22)10-21-12-18-11-19-21/h3-7,11-12H,2,8-10,17H2,1H3,(H,20,23)/t16-/m1/s1. The van der Waals surface area contributed by atoms with Crippen LogP contribution in [0.4, 0.5) is 0 Å². The first-order chi connectivity index (χ1) is 11.1. The Kier molecular flexibility index (Phi) is 5.59. The van der Waals surface area contributed by atoms with E-state index in [0.29, 0.717) is 19.3 Å². The lowest BCUT2D eigenvalue weighted by molar-refractivity contribution is -0.143. The lowest BCUT2D eigenvalue weighted by atomic mass is 9.73. The molecule has 1 amide bonds. The van der Waals surface area contributed by atoms with Crippen molar-refractivity contribution < 1.29 is 9.59 Å². The number of amides is 1. The zero-order valence-corrected chi connectivity index (χ0v) is 13.1. The Bertz CT molecular complexity index is 642. The summed E-state index contributed by atoms with van der Waals surface area (Å²) in [6, 6.07) is 9.46. The second-order valence-corrected chi connectivity index (χ2v) is 5.48. The Labute approximate surface area is 134 Å². The highest BCUT2D eigenvalue weighted by Gasteiger charge is 2.44. The van der Waals surface area contributed by atoms with Crippen molar-refractivity contribution >= 4 is 11.7 Å². The van der Waals surface area contributed by atoms with E-state index in [1.165, 1.54) is 17.3 Å².